The molecule has 0 aliphatic rings. The van der Waals surface area contributed by atoms with Gasteiger partial charge in [0.25, 0.3) is 0 Å². The Kier molecular flexibility index (Phi) is 5.75. The second kappa shape index (κ2) is 8.60. The van der Waals surface area contributed by atoms with Crippen molar-refractivity contribution in [1.29, 1.82) is 5.26 Å². The molecule has 26 heavy (non-hydrogen) atoms. The summed E-state index contributed by atoms with van der Waals surface area (Å²) in [4.78, 5) is 16.1. The minimum absolute atomic E-state index is 0.309. The topological polar surface area (TPSA) is 103 Å². The van der Waals surface area contributed by atoms with E-state index in [1.807, 2.05) is 36.4 Å². The quantitative estimate of drug-likeness (QED) is 0.582. The third-order valence-electron chi connectivity index (χ3n) is 3.45. The summed E-state index contributed by atoms with van der Waals surface area (Å²) in [7, 11) is 0. The van der Waals surface area contributed by atoms with E-state index in [4.69, 9.17) is 5.26 Å². The zero-order valence-corrected chi connectivity index (χ0v) is 14.6. The molecule has 3 rings (SSSR count). The number of anilines is 2. The van der Waals surface area contributed by atoms with Crippen LogP contribution in [-0.2, 0) is 0 Å². The maximum atomic E-state index is 12.0. The van der Waals surface area contributed by atoms with Gasteiger partial charge in [0.15, 0.2) is 0 Å². The van der Waals surface area contributed by atoms with Crippen LogP contribution in [-0.4, -0.2) is 28.5 Å². The number of nitriles is 1. The number of nitrogens with zero attached hydrogens (tertiary/aromatic N) is 3. The highest BCUT2D eigenvalue weighted by atomic mass is 32.1. The van der Waals surface area contributed by atoms with Gasteiger partial charge in [-0.3, -0.25) is 5.32 Å². The Morgan fingerprint density at radius 2 is 2.00 bits per heavy atom. The third-order valence-corrected chi connectivity index (χ3v) is 4.15. The molecule has 0 aliphatic carbocycles. The standard InChI is InChI=1S/C18H16N6OS/c19-12-14-7-4-8-20-17(14)21-9-10-22-18(25)23-16-11-15(24-26-16)13-5-2-1-3-6-13/h1-8,11H,9-10H2,(H,20,21)(H2,22,23,25). The van der Waals surface area contributed by atoms with E-state index in [1.165, 1.54) is 11.5 Å². The lowest BCUT2D eigenvalue weighted by molar-refractivity contribution is 0.252. The lowest BCUT2D eigenvalue weighted by Crippen LogP contribution is -2.32. The number of benzene rings is 1. The number of rotatable bonds is 6. The number of aromatic nitrogens is 2. The Morgan fingerprint density at radius 1 is 1.15 bits per heavy atom. The molecular formula is C18H16N6OS. The summed E-state index contributed by atoms with van der Waals surface area (Å²) in [5.41, 5.74) is 2.30. The van der Waals surface area contributed by atoms with Crippen LogP contribution in [0.3, 0.4) is 0 Å². The van der Waals surface area contributed by atoms with Gasteiger partial charge < -0.3 is 10.6 Å². The lowest BCUT2D eigenvalue weighted by atomic mass is 10.2. The van der Waals surface area contributed by atoms with Crippen molar-refractivity contribution < 1.29 is 4.79 Å². The molecule has 0 unspecified atom stereocenters. The van der Waals surface area contributed by atoms with Gasteiger partial charge in [-0.15, -0.1) is 0 Å². The lowest BCUT2D eigenvalue weighted by Gasteiger charge is -2.08. The van der Waals surface area contributed by atoms with Crippen LogP contribution in [0, 0.1) is 11.3 Å². The molecule has 0 aliphatic heterocycles. The number of urea groups is 1. The SMILES string of the molecule is N#Cc1cccnc1NCCNC(=O)Nc1cc(-c2ccccc2)ns1. The second-order valence-corrected chi connectivity index (χ2v) is 6.07. The van der Waals surface area contributed by atoms with Gasteiger partial charge in [0.2, 0.25) is 0 Å². The van der Waals surface area contributed by atoms with Crippen molar-refractivity contribution in [2.24, 2.45) is 0 Å². The van der Waals surface area contributed by atoms with E-state index in [9.17, 15) is 4.79 Å². The van der Waals surface area contributed by atoms with E-state index in [1.54, 1.807) is 18.3 Å². The van der Waals surface area contributed by atoms with Crippen molar-refractivity contribution in [3.8, 4) is 17.3 Å². The summed E-state index contributed by atoms with van der Waals surface area (Å²) < 4.78 is 4.34. The molecule has 0 spiro atoms. The zero-order valence-electron chi connectivity index (χ0n) is 13.8. The average molecular weight is 364 g/mol. The van der Waals surface area contributed by atoms with Gasteiger partial charge in [-0.2, -0.15) is 9.64 Å². The minimum Gasteiger partial charge on any atom is -0.367 e. The van der Waals surface area contributed by atoms with E-state index in [0.29, 0.717) is 29.5 Å². The molecule has 0 radical (unpaired) electrons. The molecule has 8 heteroatoms. The minimum atomic E-state index is -0.309. The van der Waals surface area contributed by atoms with Crippen LogP contribution in [0.15, 0.2) is 54.7 Å². The molecule has 130 valence electrons. The van der Waals surface area contributed by atoms with Gasteiger partial charge in [-0.1, -0.05) is 30.3 Å². The maximum Gasteiger partial charge on any atom is 0.319 e. The Hall–Kier alpha value is -3.44. The molecule has 0 saturated carbocycles. The largest absolute Gasteiger partial charge is 0.367 e. The smallest absolute Gasteiger partial charge is 0.319 e. The first-order valence-electron chi connectivity index (χ1n) is 7.92. The molecule has 2 aromatic heterocycles. The van der Waals surface area contributed by atoms with Crippen molar-refractivity contribution in [2.75, 3.05) is 23.7 Å². The maximum absolute atomic E-state index is 12.0. The fourth-order valence-corrected chi connectivity index (χ4v) is 2.89. The Labute approximate surface area is 154 Å². The van der Waals surface area contributed by atoms with Crippen molar-refractivity contribution in [2.45, 2.75) is 0 Å². The number of carbonyl (C=O) groups is 1. The number of amides is 2. The Morgan fingerprint density at radius 3 is 2.81 bits per heavy atom. The number of carbonyl (C=O) groups excluding carboxylic acids is 1. The van der Waals surface area contributed by atoms with Gasteiger partial charge >= 0.3 is 6.03 Å². The van der Waals surface area contributed by atoms with Crippen molar-refractivity contribution in [3.63, 3.8) is 0 Å². The van der Waals surface area contributed by atoms with Crippen molar-refractivity contribution >= 4 is 28.4 Å². The summed E-state index contributed by atoms with van der Waals surface area (Å²) in [6.07, 6.45) is 1.61. The Bertz CT molecular complexity index is 919. The van der Waals surface area contributed by atoms with E-state index in [-0.39, 0.29) is 6.03 Å². The Balaban J connectivity index is 1.45. The molecule has 2 heterocycles. The molecule has 0 bridgehead atoms. The van der Waals surface area contributed by atoms with Gasteiger partial charge in [-0.25, -0.2) is 9.78 Å². The fourth-order valence-electron chi connectivity index (χ4n) is 2.23. The highest BCUT2D eigenvalue weighted by molar-refractivity contribution is 7.10. The second-order valence-electron chi connectivity index (χ2n) is 5.26. The summed E-state index contributed by atoms with van der Waals surface area (Å²) >= 11 is 1.23. The molecule has 2 amide bonds. The molecule has 3 N–H and O–H groups in total. The third kappa shape index (κ3) is 4.55. The van der Waals surface area contributed by atoms with E-state index < -0.39 is 0 Å². The van der Waals surface area contributed by atoms with Crippen LogP contribution in [0.2, 0.25) is 0 Å². The monoisotopic (exact) mass is 364 g/mol. The number of hydrogen-bond donors (Lipinski definition) is 3. The number of nitrogens with one attached hydrogen (secondary N) is 3. The van der Waals surface area contributed by atoms with Crippen LogP contribution in [0.5, 0.6) is 0 Å². The summed E-state index contributed by atoms with van der Waals surface area (Å²) in [6.45, 7) is 0.842. The van der Waals surface area contributed by atoms with Crippen molar-refractivity contribution in [1.82, 2.24) is 14.7 Å². The highest BCUT2D eigenvalue weighted by Gasteiger charge is 2.07. The van der Waals surface area contributed by atoms with Crippen LogP contribution < -0.4 is 16.0 Å². The summed E-state index contributed by atoms with van der Waals surface area (Å²) in [6, 6.07) is 16.8. The number of pyridine rings is 1. The van der Waals surface area contributed by atoms with Crippen LogP contribution in [0.1, 0.15) is 5.56 Å². The molecule has 0 fully saturated rings. The molecule has 0 saturated heterocycles. The van der Waals surface area contributed by atoms with Crippen LogP contribution in [0.4, 0.5) is 15.6 Å². The first-order chi connectivity index (χ1) is 12.8. The van der Waals surface area contributed by atoms with Gasteiger partial charge in [0, 0.05) is 30.9 Å². The predicted molar refractivity (Wildman–Crippen MR) is 102 cm³/mol. The molecular weight excluding hydrogens is 348 g/mol. The van der Waals surface area contributed by atoms with Crippen LogP contribution in [0.25, 0.3) is 11.3 Å². The molecule has 1 aromatic carbocycles. The van der Waals surface area contributed by atoms with Crippen molar-refractivity contribution in [3.05, 3.63) is 60.3 Å². The van der Waals surface area contributed by atoms with Gasteiger partial charge in [0.1, 0.15) is 16.9 Å². The predicted octanol–water partition coefficient (Wildman–Crippen LogP) is 3.31. The van der Waals surface area contributed by atoms with Gasteiger partial charge in [0.05, 0.1) is 11.3 Å². The van der Waals surface area contributed by atoms with E-state index in [2.05, 4.69) is 31.4 Å². The fraction of sp³-hybridized carbons (Fsp3) is 0.111. The first-order valence-corrected chi connectivity index (χ1v) is 8.69. The zero-order chi connectivity index (χ0) is 18.2. The van der Waals surface area contributed by atoms with E-state index >= 15 is 0 Å². The van der Waals surface area contributed by atoms with Gasteiger partial charge in [-0.05, 0) is 23.7 Å². The molecule has 3 aromatic rings. The average Bonchev–Trinajstić information content (AvgIpc) is 3.14. The molecule has 7 nitrogen and oxygen atoms in total. The van der Waals surface area contributed by atoms with E-state index in [0.717, 1.165) is 11.3 Å². The highest BCUT2D eigenvalue weighted by Crippen LogP contribution is 2.24. The summed E-state index contributed by atoms with van der Waals surface area (Å²) in [5, 5.41) is 18.2. The number of hydrogen-bond acceptors (Lipinski definition) is 6. The molecule has 0 atom stereocenters. The van der Waals surface area contributed by atoms with Crippen LogP contribution >= 0.6 is 11.5 Å². The normalized spacial score (nSPS) is 9.96. The first kappa shape index (κ1) is 17.4. The summed E-state index contributed by atoms with van der Waals surface area (Å²) in [5.74, 6) is 0.507.